The van der Waals surface area contributed by atoms with E-state index in [4.69, 9.17) is 15.0 Å². The largest absolute Gasteiger partial charge is 0.308 e. The molecule has 214 valence electrons. The number of nitrogens with zero attached hydrogens (tertiary/aromatic N) is 4. The van der Waals surface area contributed by atoms with Crippen molar-refractivity contribution in [2.45, 2.75) is 0 Å². The van der Waals surface area contributed by atoms with Crippen LogP contribution in [-0.4, -0.2) is 19.5 Å². The molecule has 0 unspecified atom stereocenters. The molecule has 5 heteroatoms. The van der Waals surface area contributed by atoms with E-state index in [0.717, 1.165) is 34.0 Å². The summed E-state index contributed by atoms with van der Waals surface area (Å²) in [6.45, 7) is 0. The Balaban J connectivity index is 1.47. The highest BCUT2D eigenvalue weighted by Gasteiger charge is 2.24. The van der Waals surface area contributed by atoms with Crippen LogP contribution in [0.25, 0.3) is 92.0 Å². The molecule has 0 aliphatic rings. The monoisotopic (exact) mass is 604 g/mol. The van der Waals surface area contributed by atoms with Gasteiger partial charge in [-0.05, 0) is 64.7 Å². The van der Waals surface area contributed by atoms with Gasteiger partial charge in [0.05, 0.1) is 39.5 Å². The number of benzene rings is 5. The lowest BCUT2D eigenvalue weighted by Crippen LogP contribution is -2.00. The van der Waals surface area contributed by atoms with Crippen LogP contribution in [0, 0.1) is 0 Å². The molecule has 0 radical (unpaired) electrons. The van der Waals surface area contributed by atoms with Gasteiger partial charge < -0.3 is 4.57 Å². The molecule has 0 atom stereocenters. The lowest BCUT2D eigenvalue weighted by molar-refractivity contribution is 1.15. The molecule has 0 N–H and O–H groups in total. The Bertz CT molecular complexity index is 2740. The van der Waals surface area contributed by atoms with Crippen molar-refractivity contribution in [3.05, 3.63) is 146 Å². The molecule has 0 saturated carbocycles. The van der Waals surface area contributed by atoms with Crippen LogP contribution in [0.1, 0.15) is 0 Å². The number of fused-ring (bicyclic) bond motifs is 12. The summed E-state index contributed by atoms with van der Waals surface area (Å²) in [5, 5.41) is 10.1. The fraction of sp³-hybridized carbons (Fsp3) is 0. The Labute approximate surface area is 267 Å². The predicted molar refractivity (Wildman–Crippen MR) is 193 cm³/mol. The van der Waals surface area contributed by atoms with E-state index in [-0.39, 0.29) is 0 Å². The fourth-order valence-electron chi connectivity index (χ4n) is 7.13. The van der Waals surface area contributed by atoms with E-state index in [2.05, 4.69) is 102 Å². The first-order chi connectivity index (χ1) is 22.8. The molecule has 46 heavy (non-hydrogen) atoms. The van der Waals surface area contributed by atoms with Gasteiger partial charge in [-0.15, -0.1) is 11.3 Å². The first-order valence-corrected chi connectivity index (χ1v) is 16.2. The highest BCUT2D eigenvalue weighted by Crippen LogP contribution is 2.49. The first kappa shape index (κ1) is 25.4. The summed E-state index contributed by atoms with van der Waals surface area (Å²) in [6.07, 6.45) is 3.65. The Hall–Kier alpha value is -5.91. The third-order valence-electron chi connectivity index (χ3n) is 9.05. The van der Waals surface area contributed by atoms with Crippen molar-refractivity contribution in [1.82, 2.24) is 19.5 Å². The molecule has 0 bridgehead atoms. The van der Waals surface area contributed by atoms with Crippen molar-refractivity contribution in [1.29, 1.82) is 0 Å². The van der Waals surface area contributed by atoms with Gasteiger partial charge in [0.2, 0.25) is 0 Å². The Morgan fingerprint density at radius 2 is 1.11 bits per heavy atom. The molecule has 5 aromatic carbocycles. The summed E-state index contributed by atoms with van der Waals surface area (Å²) in [4.78, 5) is 14.5. The summed E-state index contributed by atoms with van der Waals surface area (Å²) in [5.41, 5.74) is 6.66. The van der Waals surface area contributed by atoms with Crippen molar-refractivity contribution in [3.8, 4) is 28.5 Å². The Morgan fingerprint density at radius 3 is 1.83 bits per heavy atom. The van der Waals surface area contributed by atoms with Gasteiger partial charge >= 0.3 is 0 Å². The average Bonchev–Trinajstić information content (AvgIpc) is 3.69. The number of hydrogen-bond donors (Lipinski definition) is 0. The fourth-order valence-corrected chi connectivity index (χ4v) is 8.38. The van der Waals surface area contributed by atoms with Gasteiger partial charge in [-0.2, -0.15) is 0 Å². The second-order valence-electron chi connectivity index (χ2n) is 11.6. The molecule has 4 nitrogen and oxygen atoms in total. The van der Waals surface area contributed by atoms with E-state index in [1.54, 1.807) is 0 Å². The molecule has 10 aromatic rings. The van der Waals surface area contributed by atoms with Gasteiger partial charge in [0.1, 0.15) is 0 Å². The minimum absolute atomic E-state index is 0.807. The van der Waals surface area contributed by atoms with Crippen LogP contribution in [0.5, 0.6) is 0 Å². The normalized spacial score (nSPS) is 11.9. The average molecular weight is 605 g/mol. The van der Waals surface area contributed by atoms with Gasteiger partial charge in [-0.3, -0.25) is 9.97 Å². The molecule has 0 saturated heterocycles. The molecule has 0 fully saturated rings. The summed E-state index contributed by atoms with van der Waals surface area (Å²) in [7, 11) is 0. The molecular weight excluding hydrogens is 581 g/mol. The van der Waals surface area contributed by atoms with Crippen molar-refractivity contribution in [2.24, 2.45) is 0 Å². The standard InChI is InChI=1S/C41H24N4S/c1-2-12-27-25(11-1)19-20-35-37(27)38-28-13-3-4-14-29(28)41-39(30-15-5-6-18-36(30)46-41)40(38)45(35)26-23-33(31-16-7-9-21-42-31)44-34(24-26)32-17-8-10-22-43-32/h1-24H. The molecule has 5 aromatic heterocycles. The van der Waals surface area contributed by atoms with Crippen molar-refractivity contribution < 1.29 is 0 Å². The van der Waals surface area contributed by atoms with Crippen LogP contribution in [0.4, 0.5) is 0 Å². The number of hydrogen-bond acceptors (Lipinski definition) is 4. The highest BCUT2D eigenvalue weighted by molar-refractivity contribution is 7.27. The van der Waals surface area contributed by atoms with Crippen LogP contribution in [-0.2, 0) is 0 Å². The predicted octanol–water partition coefficient (Wildman–Crippen LogP) is 11.0. The number of thiophene rings is 1. The third kappa shape index (κ3) is 3.63. The molecule has 0 amide bonds. The zero-order valence-corrected chi connectivity index (χ0v) is 25.4. The molecule has 0 aliphatic carbocycles. The Kier molecular flexibility index (Phi) is 5.41. The second-order valence-corrected chi connectivity index (χ2v) is 12.7. The van der Waals surface area contributed by atoms with Crippen LogP contribution in [0.15, 0.2) is 146 Å². The highest BCUT2D eigenvalue weighted by atomic mass is 32.1. The zero-order chi connectivity index (χ0) is 30.2. The summed E-state index contributed by atoms with van der Waals surface area (Å²) < 4.78 is 5.06. The van der Waals surface area contributed by atoms with Crippen LogP contribution >= 0.6 is 11.3 Å². The topological polar surface area (TPSA) is 43.6 Å². The van der Waals surface area contributed by atoms with E-state index in [1.165, 1.54) is 58.0 Å². The minimum atomic E-state index is 0.807. The number of aromatic nitrogens is 4. The number of pyridine rings is 3. The summed E-state index contributed by atoms with van der Waals surface area (Å²) in [5.74, 6) is 0. The van der Waals surface area contributed by atoms with Crippen LogP contribution in [0.2, 0.25) is 0 Å². The van der Waals surface area contributed by atoms with E-state index >= 15 is 0 Å². The lowest BCUT2D eigenvalue weighted by atomic mass is 9.97. The summed E-state index contributed by atoms with van der Waals surface area (Å²) in [6, 6.07) is 47.3. The zero-order valence-electron chi connectivity index (χ0n) is 24.6. The maximum absolute atomic E-state index is 5.11. The van der Waals surface area contributed by atoms with Gasteiger partial charge in [-0.25, -0.2) is 4.98 Å². The number of rotatable bonds is 3. The van der Waals surface area contributed by atoms with Crippen molar-refractivity contribution >= 4 is 74.9 Å². The van der Waals surface area contributed by atoms with Crippen molar-refractivity contribution in [3.63, 3.8) is 0 Å². The van der Waals surface area contributed by atoms with Crippen LogP contribution in [0.3, 0.4) is 0 Å². The van der Waals surface area contributed by atoms with E-state index in [1.807, 2.05) is 60.1 Å². The maximum Gasteiger partial charge on any atom is 0.0915 e. The molecular formula is C41H24N4S. The first-order valence-electron chi connectivity index (χ1n) is 15.4. The van der Waals surface area contributed by atoms with E-state index in [9.17, 15) is 0 Å². The van der Waals surface area contributed by atoms with E-state index in [0.29, 0.717) is 0 Å². The minimum Gasteiger partial charge on any atom is -0.308 e. The Morgan fingerprint density at radius 1 is 0.478 bits per heavy atom. The second kappa shape index (κ2) is 9.80. The molecule has 10 rings (SSSR count). The maximum atomic E-state index is 5.11. The van der Waals surface area contributed by atoms with Gasteiger partial charge in [0.15, 0.2) is 0 Å². The van der Waals surface area contributed by atoms with Gasteiger partial charge in [0, 0.05) is 48.7 Å². The lowest BCUT2D eigenvalue weighted by Gasteiger charge is -2.14. The summed E-state index contributed by atoms with van der Waals surface area (Å²) >= 11 is 1.88. The molecule has 0 aliphatic heterocycles. The van der Waals surface area contributed by atoms with E-state index < -0.39 is 0 Å². The molecule has 5 heterocycles. The van der Waals surface area contributed by atoms with Gasteiger partial charge in [-0.1, -0.05) is 84.9 Å². The van der Waals surface area contributed by atoms with Crippen LogP contribution < -0.4 is 0 Å². The van der Waals surface area contributed by atoms with Gasteiger partial charge in [0.25, 0.3) is 0 Å². The van der Waals surface area contributed by atoms with Crippen molar-refractivity contribution in [2.75, 3.05) is 0 Å². The molecule has 0 spiro atoms. The third-order valence-corrected chi connectivity index (χ3v) is 10.3. The SMILES string of the molecule is c1ccc(-c2cc(-n3c4ccc5ccccc5c4c4c5ccccc5c5sc6ccccc6c5c43)cc(-c3ccccn3)n2)nc1. The quantitative estimate of drug-likeness (QED) is 0.201. The smallest absolute Gasteiger partial charge is 0.0915 e.